The van der Waals surface area contributed by atoms with Crippen LogP contribution in [0.3, 0.4) is 0 Å². The Bertz CT molecular complexity index is 583. The standard InChI is InChI=1S/C22H38N4O2.HI/c1-5-23-22(24-12-13-26(3)14-16-27-4)25-17-20-7-6-15-28-21(20)19-10-8-18(2)9-11-19;/h8-11,20-21H,5-7,12-17H2,1-4H3,(H2,23,24,25);1H. The summed E-state index contributed by atoms with van der Waals surface area (Å²) < 4.78 is 11.3. The van der Waals surface area contributed by atoms with E-state index in [0.29, 0.717) is 5.92 Å². The number of halogens is 1. The molecule has 29 heavy (non-hydrogen) atoms. The van der Waals surface area contributed by atoms with Crippen LogP contribution in [0.4, 0.5) is 0 Å². The minimum atomic E-state index is 0. The van der Waals surface area contributed by atoms with E-state index in [0.717, 1.165) is 64.7 Å². The Balaban J connectivity index is 0.00000420. The predicted octanol–water partition coefficient (Wildman–Crippen LogP) is 3.21. The van der Waals surface area contributed by atoms with Gasteiger partial charge in [-0.05, 0) is 39.3 Å². The SMILES string of the molecule is CCNC(=NCC1CCCOC1c1ccc(C)cc1)NCCN(C)CCOC.I. The second kappa shape index (κ2) is 15.0. The first-order chi connectivity index (χ1) is 13.6. The van der Waals surface area contributed by atoms with Crippen LogP contribution in [0.15, 0.2) is 29.3 Å². The Kier molecular flexibility index (Phi) is 13.5. The maximum absolute atomic E-state index is 6.13. The normalized spacial score (nSPS) is 19.7. The Labute approximate surface area is 193 Å². The van der Waals surface area contributed by atoms with Crippen LogP contribution >= 0.6 is 24.0 Å². The Morgan fingerprint density at radius 1 is 1.24 bits per heavy atom. The first-order valence-corrected chi connectivity index (χ1v) is 10.5. The lowest BCUT2D eigenvalue weighted by molar-refractivity contribution is -0.0250. The summed E-state index contributed by atoms with van der Waals surface area (Å²) in [7, 11) is 3.84. The number of benzene rings is 1. The molecule has 7 heteroatoms. The number of nitrogens with one attached hydrogen (secondary N) is 2. The van der Waals surface area contributed by atoms with Gasteiger partial charge in [-0.3, -0.25) is 4.99 Å². The van der Waals surface area contributed by atoms with Gasteiger partial charge in [0, 0.05) is 52.4 Å². The Morgan fingerprint density at radius 3 is 2.69 bits per heavy atom. The van der Waals surface area contributed by atoms with Crippen LogP contribution in [0.5, 0.6) is 0 Å². The fourth-order valence-electron chi connectivity index (χ4n) is 3.43. The molecule has 0 radical (unpaired) electrons. The Morgan fingerprint density at radius 2 is 2.00 bits per heavy atom. The zero-order valence-electron chi connectivity index (χ0n) is 18.4. The van der Waals surface area contributed by atoms with Crippen LogP contribution in [0.25, 0.3) is 0 Å². The average Bonchev–Trinajstić information content (AvgIpc) is 2.71. The van der Waals surface area contributed by atoms with Gasteiger partial charge in [-0.15, -0.1) is 24.0 Å². The first-order valence-electron chi connectivity index (χ1n) is 10.5. The molecule has 1 aromatic rings. The van der Waals surface area contributed by atoms with Gasteiger partial charge in [-0.1, -0.05) is 29.8 Å². The van der Waals surface area contributed by atoms with Gasteiger partial charge in [0.2, 0.25) is 0 Å². The second-order valence-electron chi connectivity index (χ2n) is 7.55. The molecule has 0 spiro atoms. The molecule has 1 heterocycles. The predicted molar refractivity (Wildman–Crippen MR) is 131 cm³/mol. The molecule has 1 aliphatic rings. The van der Waals surface area contributed by atoms with E-state index in [1.54, 1.807) is 7.11 Å². The number of aliphatic imine (C=N–C) groups is 1. The molecule has 0 bridgehead atoms. The molecule has 1 fully saturated rings. The van der Waals surface area contributed by atoms with E-state index < -0.39 is 0 Å². The highest BCUT2D eigenvalue weighted by Crippen LogP contribution is 2.33. The summed E-state index contributed by atoms with van der Waals surface area (Å²) in [5.41, 5.74) is 2.55. The van der Waals surface area contributed by atoms with Crippen LogP contribution in [0.1, 0.15) is 37.0 Å². The zero-order chi connectivity index (χ0) is 20.2. The van der Waals surface area contributed by atoms with Gasteiger partial charge in [0.25, 0.3) is 0 Å². The monoisotopic (exact) mass is 518 g/mol. The van der Waals surface area contributed by atoms with Gasteiger partial charge < -0.3 is 25.0 Å². The van der Waals surface area contributed by atoms with Crippen molar-refractivity contribution < 1.29 is 9.47 Å². The summed E-state index contributed by atoms with van der Waals surface area (Å²) in [6.07, 6.45) is 2.40. The van der Waals surface area contributed by atoms with Gasteiger partial charge in [0.15, 0.2) is 5.96 Å². The number of nitrogens with zero attached hydrogens (tertiary/aromatic N) is 2. The molecule has 0 saturated carbocycles. The number of guanidine groups is 1. The summed E-state index contributed by atoms with van der Waals surface area (Å²) in [5, 5.41) is 6.80. The Hall–Kier alpha value is -0.900. The number of hydrogen-bond acceptors (Lipinski definition) is 4. The van der Waals surface area contributed by atoms with Gasteiger partial charge >= 0.3 is 0 Å². The number of rotatable bonds is 10. The fraction of sp³-hybridized carbons (Fsp3) is 0.682. The quantitative estimate of drug-likeness (QED) is 0.283. The van der Waals surface area contributed by atoms with Crippen molar-refractivity contribution in [2.24, 2.45) is 10.9 Å². The number of hydrogen-bond donors (Lipinski definition) is 2. The molecule has 0 aliphatic carbocycles. The van der Waals surface area contributed by atoms with Crippen LogP contribution in [0, 0.1) is 12.8 Å². The van der Waals surface area contributed by atoms with E-state index in [2.05, 4.69) is 60.7 Å². The molecule has 1 aliphatic heterocycles. The maximum atomic E-state index is 6.13. The molecule has 0 amide bonds. The van der Waals surface area contributed by atoms with Gasteiger partial charge in [-0.2, -0.15) is 0 Å². The van der Waals surface area contributed by atoms with E-state index in [4.69, 9.17) is 14.5 Å². The highest BCUT2D eigenvalue weighted by molar-refractivity contribution is 14.0. The van der Waals surface area contributed by atoms with E-state index >= 15 is 0 Å². The first kappa shape index (κ1) is 26.1. The van der Waals surface area contributed by atoms with Crippen molar-refractivity contribution in [1.82, 2.24) is 15.5 Å². The zero-order valence-corrected chi connectivity index (χ0v) is 20.8. The molecule has 2 atom stereocenters. The smallest absolute Gasteiger partial charge is 0.191 e. The topological polar surface area (TPSA) is 58.1 Å². The molecule has 1 aromatic carbocycles. The van der Waals surface area contributed by atoms with Crippen molar-refractivity contribution in [1.29, 1.82) is 0 Å². The van der Waals surface area contributed by atoms with Crippen LogP contribution < -0.4 is 10.6 Å². The molecular formula is C22H39IN4O2. The van der Waals surface area contributed by atoms with Crippen LogP contribution in [-0.4, -0.2) is 71.0 Å². The van der Waals surface area contributed by atoms with E-state index in [9.17, 15) is 0 Å². The van der Waals surface area contributed by atoms with Crippen molar-refractivity contribution in [2.45, 2.75) is 32.8 Å². The van der Waals surface area contributed by atoms with Crippen molar-refractivity contribution in [3.63, 3.8) is 0 Å². The lowest BCUT2D eigenvalue weighted by Gasteiger charge is -2.31. The summed E-state index contributed by atoms with van der Waals surface area (Å²) in [4.78, 5) is 7.11. The lowest BCUT2D eigenvalue weighted by atomic mass is 9.89. The summed E-state index contributed by atoms with van der Waals surface area (Å²) >= 11 is 0. The van der Waals surface area contributed by atoms with Crippen LogP contribution in [-0.2, 0) is 9.47 Å². The minimum Gasteiger partial charge on any atom is -0.383 e. The largest absolute Gasteiger partial charge is 0.383 e. The van der Waals surface area contributed by atoms with E-state index in [1.165, 1.54) is 11.1 Å². The molecular weight excluding hydrogens is 479 g/mol. The van der Waals surface area contributed by atoms with Crippen molar-refractivity contribution in [2.75, 3.05) is 60.1 Å². The fourth-order valence-corrected chi connectivity index (χ4v) is 3.43. The third-order valence-corrected chi connectivity index (χ3v) is 5.14. The molecule has 0 aromatic heterocycles. The summed E-state index contributed by atoms with van der Waals surface area (Å²) in [6, 6.07) is 8.72. The van der Waals surface area contributed by atoms with Crippen molar-refractivity contribution in [3.8, 4) is 0 Å². The molecule has 1 saturated heterocycles. The summed E-state index contributed by atoms with van der Waals surface area (Å²) in [6.45, 7) is 10.2. The van der Waals surface area contributed by atoms with Crippen molar-refractivity contribution >= 4 is 29.9 Å². The van der Waals surface area contributed by atoms with Crippen LogP contribution in [0.2, 0.25) is 0 Å². The number of methoxy groups -OCH3 is 1. The lowest BCUT2D eigenvalue weighted by Crippen LogP contribution is -2.41. The average molecular weight is 518 g/mol. The van der Waals surface area contributed by atoms with Gasteiger partial charge in [-0.25, -0.2) is 0 Å². The van der Waals surface area contributed by atoms with Crippen molar-refractivity contribution in [3.05, 3.63) is 35.4 Å². The number of aryl methyl sites for hydroxylation is 1. The van der Waals surface area contributed by atoms with Gasteiger partial charge in [0.05, 0.1) is 12.7 Å². The number of ether oxygens (including phenoxy) is 2. The third kappa shape index (κ3) is 9.63. The molecule has 2 rings (SSSR count). The minimum absolute atomic E-state index is 0. The third-order valence-electron chi connectivity index (χ3n) is 5.14. The van der Waals surface area contributed by atoms with E-state index in [-0.39, 0.29) is 30.1 Å². The van der Waals surface area contributed by atoms with Gasteiger partial charge in [0.1, 0.15) is 0 Å². The molecule has 2 unspecified atom stereocenters. The molecule has 166 valence electrons. The molecule has 6 nitrogen and oxygen atoms in total. The highest BCUT2D eigenvalue weighted by atomic mass is 127. The maximum Gasteiger partial charge on any atom is 0.191 e. The summed E-state index contributed by atoms with van der Waals surface area (Å²) in [5.74, 6) is 1.30. The van der Waals surface area contributed by atoms with E-state index in [1.807, 2.05) is 0 Å². The second-order valence-corrected chi connectivity index (χ2v) is 7.55. The highest BCUT2D eigenvalue weighted by Gasteiger charge is 2.27. The molecule has 2 N–H and O–H groups in total. The number of likely N-dealkylation sites (N-methyl/N-ethyl adjacent to an activating group) is 1.